The lowest BCUT2D eigenvalue weighted by Crippen LogP contribution is -2.61. The molecule has 0 aliphatic carbocycles. The van der Waals surface area contributed by atoms with E-state index in [0.717, 1.165) is 0 Å². The Morgan fingerprint density at radius 1 is 0.578 bits per heavy atom. The Hall–Kier alpha value is -7.76. The molecule has 3 aromatic carbocycles. The summed E-state index contributed by atoms with van der Waals surface area (Å²) >= 11 is 0. The first-order chi connectivity index (χ1) is 39.5. The third kappa shape index (κ3) is 20.0. The van der Waals surface area contributed by atoms with Crippen molar-refractivity contribution in [2.45, 2.75) is 160 Å². The second-order valence-corrected chi connectivity index (χ2v) is 22.5. The molecule has 10 amide bonds. The molecule has 23 heteroatoms. The highest BCUT2D eigenvalue weighted by molar-refractivity contribution is 5.99. The SMILES string of the molecule is CC(C)CC1NC(=O)[C@H](CCCN)NC(=O)[C@H](C(C)C)NC(=O)[C@@H](C)[C@@H](O)[C@H](C)[C@H](O)CNC(=O)C(CC(N)=O)NC(=O)[C@@H](Cc2ccccc2)NC(=O)[C@H](Cc2ccccc2)NC(=O)[C@@H]2CCCN2C(=O)[C@@H](Cc2ccccc2)NC1=O. The van der Waals surface area contributed by atoms with Crippen LogP contribution in [0.4, 0.5) is 0 Å². The van der Waals surface area contributed by atoms with Gasteiger partial charge < -0.3 is 69.1 Å². The minimum atomic E-state index is -1.64. The topological polar surface area (TPSA) is 363 Å². The predicted molar refractivity (Wildman–Crippen MR) is 308 cm³/mol. The summed E-state index contributed by atoms with van der Waals surface area (Å²) in [4.78, 5) is 143. The number of hydrogen-bond acceptors (Lipinski definition) is 13. The fraction of sp³-hybridized carbons (Fsp3) is 0.533. The van der Waals surface area contributed by atoms with Crippen LogP contribution < -0.4 is 54.0 Å². The Balaban J connectivity index is 1.58. The van der Waals surface area contributed by atoms with E-state index in [-0.39, 0.29) is 64.0 Å². The van der Waals surface area contributed by atoms with Gasteiger partial charge in [0.05, 0.1) is 24.5 Å². The van der Waals surface area contributed by atoms with Crippen molar-refractivity contribution in [1.29, 1.82) is 0 Å². The molecule has 14 N–H and O–H groups in total. The molecule has 0 bridgehead atoms. The van der Waals surface area contributed by atoms with Crippen LogP contribution in [0.1, 0.15) is 96.8 Å². The largest absolute Gasteiger partial charge is 0.392 e. The second-order valence-electron chi connectivity index (χ2n) is 22.5. The maximum atomic E-state index is 15.0. The van der Waals surface area contributed by atoms with Crippen molar-refractivity contribution in [2.75, 3.05) is 19.6 Å². The maximum absolute atomic E-state index is 15.0. The number of aliphatic hydroxyl groups is 2. The second kappa shape index (κ2) is 32.2. The van der Waals surface area contributed by atoms with Crippen molar-refractivity contribution < 1.29 is 58.2 Å². The van der Waals surface area contributed by atoms with E-state index in [4.69, 9.17) is 11.5 Å². The summed E-state index contributed by atoms with van der Waals surface area (Å²) in [7, 11) is 0. The van der Waals surface area contributed by atoms with Crippen LogP contribution in [-0.4, -0.2) is 154 Å². The average Bonchev–Trinajstić information content (AvgIpc) is 4.12. The van der Waals surface area contributed by atoms with Crippen LogP contribution in [0.3, 0.4) is 0 Å². The number of nitrogens with zero attached hydrogens (tertiary/aromatic N) is 1. The van der Waals surface area contributed by atoms with Gasteiger partial charge in [0.15, 0.2) is 0 Å². The Morgan fingerprint density at radius 3 is 1.54 bits per heavy atom. The standard InChI is InChI=1S/C60H85N11O12/c1-34(2)28-42-55(78)69-46(31-40-22-14-9-15-23-40)60(83)71-27-17-25-47(71)58(81)68-44(30-39-20-12-8-13-21-39)57(80)66-43(29-38-18-10-7-11-19-38)56(79)67-45(32-49(62)73)53(76)63-33-48(72)36(5)51(74)37(6)52(75)70-50(35(3)4)59(82)64-41(24-16-26-61)54(77)65-42/h7-15,18-23,34-37,41-48,50-51,72,74H,16-17,24-33,61H2,1-6H3,(H2,62,73)(H,63,76)(H,64,82)(H,65,77)(H,66,80)(H,67,79)(H,68,81)(H,69,78)(H,70,75)/t36-,37+,41+,42?,43-,44+,45?,46-,47+,48-,50+,51+/m1/s1. The monoisotopic (exact) mass is 1150 g/mol. The van der Waals surface area contributed by atoms with Gasteiger partial charge in [-0.25, -0.2) is 0 Å². The van der Waals surface area contributed by atoms with Gasteiger partial charge in [0.1, 0.15) is 48.3 Å². The van der Waals surface area contributed by atoms with Gasteiger partial charge in [-0.15, -0.1) is 0 Å². The van der Waals surface area contributed by atoms with Gasteiger partial charge in [-0.2, -0.15) is 0 Å². The number of carbonyl (C=O) groups excluding carboxylic acids is 10. The number of fused-ring (bicyclic) bond motifs is 1. The Labute approximate surface area is 485 Å². The zero-order valence-corrected chi connectivity index (χ0v) is 48.3. The van der Waals surface area contributed by atoms with Crippen LogP contribution in [0.15, 0.2) is 91.0 Å². The van der Waals surface area contributed by atoms with E-state index in [9.17, 15) is 53.4 Å². The van der Waals surface area contributed by atoms with Crippen molar-refractivity contribution in [3.63, 3.8) is 0 Å². The van der Waals surface area contributed by atoms with Gasteiger partial charge in [-0.3, -0.25) is 47.9 Å². The summed E-state index contributed by atoms with van der Waals surface area (Å²) < 4.78 is 0. The zero-order chi connectivity index (χ0) is 60.9. The molecule has 2 unspecified atom stereocenters. The van der Waals surface area contributed by atoms with Gasteiger partial charge in [0, 0.05) is 38.3 Å². The van der Waals surface area contributed by atoms with Gasteiger partial charge in [-0.1, -0.05) is 133 Å². The molecular weight excluding hydrogens is 1070 g/mol. The number of benzene rings is 3. The van der Waals surface area contributed by atoms with Gasteiger partial charge in [-0.05, 0) is 67.2 Å². The minimum absolute atomic E-state index is 0.0168. The zero-order valence-electron chi connectivity index (χ0n) is 48.3. The summed E-state index contributed by atoms with van der Waals surface area (Å²) in [5.74, 6) is -11.0. The van der Waals surface area contributed by atoms with Gasteiger partial charge >= 0.3 is 0 Å². The third-order valence-electron chi connectivity index (χ3n) is 15.1. The van der Waals surface area contributed by atoms with E-state index in [1.807, 2.05) is 13.8 Å². The van der Waals surface area contributed by atoms with E-state index >= 15 is 4.79 Å². The first kappa shape index (κ1) is 66.0. The van der Waals surface area contributed by atoms with Crippen LogP contribution in [0.2, 0.25) is 0 Å². The first-order valence-electron chi connectivity index (χ1n) is 28.6. The number of nitrogens with one attached hydrogen (secondary N) is 8. The lowest BCUT2D eigenvalue weighted by Gasteiger charge is -2.32. The molecular formula is C60H85N11O12. The molecule has 2 fully saturated rings. The predicted octanol–water partition coefficient (Wildman–Crippen LogP) is -0.461. The fourth-order valence-electron chi connectivity index (χ4n) is 10.2. The van der Waals surface area contributed by atoms with E-state index in [2.05, 4.69) is 42.5 Å². The van der Waals surface area contributed by atoms with Crippen LogP contribution in [-0.2, 0) is 67.2 Å². The highest BCUT2D eigenvalue weighted by atomic mass is 16.3. The first-order valence-corrected chi connectivity index (χ1v) is 28.6. The summed E-state index contributed by atoms with van der Waals surface area (Å²) in [6.45, 7) is 9.51. The lowest BCUT2D eigenvalue weighted by molar-refractivity contribution is -0.142. The van der Waals surface area contributed by atoms with Crippen molar-refractivity contribution in [3.05, 3.63) is 108 Å². The fourth-order valence-corrected chi connectivity index (χ4v) is 10.2. The smallest absolute Gasteiger partial charge is 0.246 e. The Bertz CT molecular complexity index is 2680. The van der Waals surface area contributed by atoms with Crippen molar-refractivity contribution in [2.24, 2.45) is 35.1 Å². The number of aliphatic hydroxyl groups excluding tert-OH is 2. The molecule has 0 spiro atoms. The molecule has 12 atom stereocenters. The molecule has 2 saturated heterocycles. The summed E-state index contributed by atoms with van der Waals surface area (Å²) in [6.07, 6.45) is -3.03. The highest BCUT2D eigenvalue weighted by Crippen LogP contribution is 2.22. The summed E-state index contributed by atoms with van der Waals surface area (Å²) in [6, 6.07) is 15.7. The molecule has 83 heavy (non-hydrogen) atoms. The number of amides is 10. The Kier molecular flexibility index (Phi) is 25.6. The van der Waals surface area contributed by atoms with E-state index in [0.29, 0.717) is 23.1 Å². The molecule has 2 aliphatic rings. The van der Waals surface area contributed by atoms with E-state index in [1.165, 1.54) is 18.7 Å². The van der Waals surface area contributed by atoms with Crippen molar-refractivity contribution >= 4 is 59.1 Å². The summed E-state index contributed by atoms with van der Waals surface area (Å²) in [5.41, 5.74) is 13.3. The van der Waals surface area contributed by atoms with E-state index < -0.39 is 150 Å². The maximum Gasteiger partial charge on any atom is 0.246 e. The molecule has 23 nitrogen and oxygen atoms in total. The molecule has 2 aliphatic heterocycles. The number of hydrogen-bond donors (Lipinski definition) is 12. The van der Waals surface area contributed by atoms with Gasteiger partial charge in [0.25, 0.3) is 0 Å². The third-order valence-corrected chi connectivity index (χ3v) is 15.1. The normalized spacial score (nSPS) is 27.4. The molecule has 0 aromatic heterocycles. The molecule has 0 radical (unpaired) electrons. The number of rotatable bonds is 14. The number of nitrogens with two attached hydrogens (primary N) is 2. The van der Waals surface area contributed by atoms with Gasteiger partial charge in [0.2, 0.25) is 59.1 Å². The van der Waals surface area contributed by atoms with Crippen LogP contribution in [0.5, 0.6) is 0 Å². The van der Waals surface area contributed by atoms with Crippen LogP contribution in [0.25, 0.3) is 0 Å². The molecule has 0 saturated carbocycles. The lowest BCUT2D eigenvalue weighted by atomic mass is 9.88. The van der Waals surface area contributed by atoms with E-state index in [1.54, 1.807) is 105 Å². The quantitative estimate of drug-likeness (QED) is 0.0974. The molecule has 452 valence electrons. The molecule has 5 rings (SSSR count). The number of carbonyl (C=O) groups is 10. The van der Waals surface area contributed by atoms with Crippen molar-refractivity contribution in [1.82, 2.24) is 47.4 Å². The minimum Gasteiger partial charge on any atom is -0.392 e. The van der Waals surface area contributed by atoms with Crippen LogP contribution in [0, 0.1) is 23.7 Å². The number of primary amides is 1. The highest BCUT2D eigenvalue weighted by Gasteiger charge is 2.42. The van der Waals surface area contributed by atoms with Crippen molar-refractivity contribution in [3.8, 4) is 0 Å². The number of β-amino-alcohol motifs (C(OH)–C–C–N with tert-alkyl or cyclic N) is 1. The average molecular weight is 1150 g/mol. The summed E-state index contributed by atoms with van der Waals surface area (Å²) in [5, 5.41) is 44.4. The van der Waals surface area contributed by atoms with Crippen LogP contribution >= 0.6 is 0 Å². The Morgan fingerprint density at radius 2 is 1.04 bits per heavy atom. The molecule has 3 aromatic rings. The molecule has 2 heterocycles.